The number of rotatable bonds is 3. The van der Waals surface area contributed by atoms with Gasteiger partial charge in [-0.1, -0.05) is 6.07 Å². The fourth-order valence-electron chi connectivity index (χ4n) is 2.64. The lowest BCUT2D eigenvalue weighted by atomic mass is 9.88. The fraction of sp³-hybridized carbons (Fsp3) is 0.571. The Morgan fingerprint density at radius 2 is 2.22 bits per heavy atom. The van der Waals surface area contributed by atoms with Gasteiger partial charge in [0.1, 0.15) is 5.82 Å². The molecule has 2 rings (SSSR count). The molecule has 0 radical (unpaired) electrons. The van der Waals surface area contributed by atoms with E-state index in [2.05, 4.69) is 9.80 Å². The molecule has 3 nitrogen and oxygen atoms in total. The molecule has 100 valence electrons. The third-order valence-electron chi connectivity index (χ3n) is 3.97. The second-order valence-electron chi connectivity index (χ2n) is 5.28. The molecule has 0 aliphatic carbocycles. The van der Waals surface area contributed by atoms with Gasteiger partial charge < -0.3 is 10.0 Å². The Labute approximate surface area is 108 Å². The van der Waals surface area contributed by atoms with Crippen LogP contribution in [0.2, 0.25) is 0 Å². The van der Waals surface area contributed by atoms with Crippen molar-refractivity contribution in [3.63, 3.8) is 0 Å². The smallest absolute Gasteiger partial charge is 0.125 e. The van der Waals surface area contributed by atoms with Gasteiger partial charge in [0.15, 0.2) is 0 Å². The topological polar surface area (TPSA) is 26.7 Å². The maximum atomic E-state index is 13.3. The van der Waals surface area contributed by atoms with Gasteiger partial charge in [-0.15, -0.1) is 0 Å². The molecule has 1 N–H and O–H groups in total. The molecule has 1 aromatic rings. The number of aliphatic hydroxyl groups excluding tert-OH is 1. The van der Waals surface area contributed by atoms with Crippen LogP contribution >= 0.6 is 0 Å². The average molecular weight is 252 g/mol. The van der Waals surface area contributed by atoms with Crippen LogP contribution in [0.3, 0.4) is 0 Å². The monoisotopic (exact) mass is 252 g/mol. The molecule has 4 heteroatoms. The normalized spacial score (nSPS) is 24.6. The lowest BCUT2D eigenvalue weighted by Gasteiger charge is -2.46. The van der Waals surface area contributed by atoms with Gasteiger partial charge in [0.05, 0.1) is 12.1 Å². The number of nitrogens with zero attached hydrogens (tertiary/aromatic N) is 2. The van der Waals surface area contributed by atoms with E-state index < -0.39 is 0 Å². The minimum absolute atomic E-state index is 0.131. The second kappa shape index (κ2) is 5.24. The van der Waals surface area contributed by atoms with E-state index in [-0.39, 0.29) is 18.0 Å². The Morgan fingerprint density at radius 1 is 1.44 bits per heavy atom. The van der Waals surface area contributed by atoms with Crippen molar-refractivity contribution >= 4 is 5.69 Å². The molecular weight excluding hydrogens is 231 g/mol. The summed E-state index contributed by atoms with van der Waals surface area (Å²) in [6.07, 6.45) is 1.98. The highest BCUT2D eigenvalue weighted by atomic mass is 19.1. The van der Waals surface area contributed by atoms with Crippen LogP contribution in [-0.4, -0.2) is 49.3 Å². The molecule has 0 spiro atoms. The van der Waals surface area contributed by atoms with E-state index in [1.807, 2.05) is 20.2 Å². The van der Waals surface area contributed by atoms with Crippen LogP contribution in [0.25, 0.3) is 0 Å². The Bertz CT molecular complexity index is 411. The third kappa shape index (κ3) is 2.49. The molecule has 0 amide bonds. The van der Waals surface area contributed by atoms with Crippen LogP contribution in [0.5, 0.6) is 0 Å². The highest BCUT2D eigenvalue weighted by Crippen LogP contribution is 2.29. The summed E-state index contributed by atoms with van der Waals surface area (Å²) in [5.74, 6) is -0.211. The molecule has 1 aliphatic heterocycles. The first-order chi connectivity index (χ1) is 8.57. The number of likely N-dealkylation sites (N-methyl/N-ethyl adjacent to an activating group) is 1. The SMILES string of the molecule is CN(C)C1(CO)CCCN(c2cccc(F)c2)C1. The van der Waals surface area contributed by atoms with Gasteiger partial charge in [0, 0.05) is 18.8 Å². The first-order valence-corrected chi connectivity index (χ1v) is 6.36. The van der Waals surface area contributed by atoms with Crippen molar-refractivity contribution in [2.75, 3.05) is 38.7 Å². The van der Waals surface area contributed by atoms with E-state index in [0.29, 0.717) is 0 Å². The van der Waals surface area contributed by atoms with Crippen LogP contribution in [-0.2, 0) is 0 Å². The summed E-state index contributed by atoms with van der Waals surface area (Å²) in [5, 5.41) is 9.69. The summed E-state index contributed by atoms with van der Waals surface area (Å²) in [7, 11) is 3.98. The Morgan fingerprint density at radius 3 is 2.83 bits per heavy atom. The quantitative estimate of drug-likeness (QED) is 0.887. The van der Waals surface area contributed by atoms with Crippen molar-refractivity contribution in [1.82, 2.24) is 4.90 Å². The molecule has 0 saturated carbocycles. The summed E-state index contributed by atoms with van der Waals surface area (Å²) in [4.78, 5) is 4.24. The van der Waals surface area contributed by atoms with Crippen LogP contribution in [0.4, 0.5) is 10.1 Å². The van der Waals surface area contributed by atoms with E-state index in [1.54, 1.807) is 12.1 Å². The second-order valence-corrected chi connectivity index (χ2v) is 5.28. The van der Waals surface area contributed by atoms with Crippen molar-refractivity contribution < 1.29 is 9.50 Å². The zero-order valence-corrected chi connectivity index (χ0v) is 11.1. The first kappa shape index (κ1) is 13.3. The summed E-state index contributed by atoms with van der Waals surface area (Å²) < 4.78 is 13.3. The highest BCUT2D eigenvalue weighted by molar-refractivity contribution is 5.47. The van der Waals surface area contributed by atoms with Crippen molar-refractivity contribution in [3.8, 4) is 0 Å². The minimum atomic E-state index is -0.218. The van der Waals surface area contributed by atoms with E-state index in [4.69, 9.17) is 0 Å². The summed E-state index contributed by atoms with van der Waals surface area (Å²) >= 11 is 0. The Balaban J connectivity index is 2.20. The molecular formula is C14H21FN2O. The van der Waals surface area contributed by atoms with Gasteiger partial charge in [0.25, 0.3) is 0 Å². The predicted molar refractivity (Wildman–Crippen MR) is 71.4 cm³/mol. The maximum absolute atomic E-state index is 13.3. The number of hydrogen-bond donors (Lipinski definition) is 1. The van der Waals surface area contributed by atoms with E-state index >= 15 is 0 Å². The largest absolute Gasteiger partial charge is 0.394 e. The van der Waals surface area contributed by atoms with Crippen LogP contribution < -0.4 is 4.90 Å². The van der Waals surface area contributed by atoms with E-state index in [1.165, 1.54) is 6.07 Å². The Hall–Kier alpha value is -1.13. The summed E-state index contributed by atoms with van der Waals surface area (Å²) in [6, 6.07) is 6.67. The van der Waals surface area contributed by atoms with Crippen molar-refractivity contribution in [2.45, 2.75) is 18.4 Å². The highest BCUT2D eigenvalue weighted by Gasteiger charge is 2.37. The van der Waals surface area contributed by atoms with E-state index in [0.717, 1.165) is 31.6 Å². The van der Waals surface area contributed by atoms with Gasteiger partial charge in [-0.3, -0.25) is 4.90 Å². The number of hydrogen-bond acceptors (Lipinski definition) is 3. The van der Waals surface area contributed by atoms with Crippen LogP contribution in [0, 0.1) is 5.82 Å². The molecule has 1 aliphatic rings. The lowest BCUT2D eigenvalue weighted by molar-refractivity contribution is 0.0547. The molecule has 1 aromatic carbocycles. The van der Waals surface area contributed by atoms with Gasteiger partial charge >= 0.3 is 0 Å². The van der Waals surface area contributed by atoms with Gasteiger partial charge in [-0.05, 0) is 45.1 Å². The maximum Gasteiger partial charge on any atom is 0.125 e. The molecule has 1 unspecified atom stereocenters. The average Bonchev–Trinajstić information content (AvgIpc) is 2.38. The lowest BCUT2D eigenvalue weighted by Crippen LogP contribution is -2.58. The minimum Gasteiger partial charge on any atom is -0.394 e. The summed E-state index contributed by atoms with van der Waals surface area (Å²) in [5.41, 5.74) is 0.680. The number of halogens is 1. The van der Waals surface area contributed by atoms with Gasteiger partial charge in [-0.2, -0.15) is 0 Å². The Kier molecular flexibility index (Phi) is 3.88. The number of piperidine rings is 1. The third-order valence-corrected chi connectivity index (χ3v) is 3.97. The number of aliphatic hydroxyl groups is 1. The standard InChI is InChI=1S/C14H21FN2O/c1-16(2)14(11-18)7-4-8-17(10-14)13-6-3-5-12(15)9-13/h3,5-6,9,18H,4,7-8,10-11H2,1-2H3. The van der Waals surface area contributed by atoms with Crippen LogP contribution in [0.1, 0.15) is 12.8 Å². The van der Waals surface area contributed by atoms with Crippen LogP contribution in [0.15, 0.2) is 24.3 Å². The fourth-order valence-corrected chi connectivity index (χ4v) is 2.64. The van der Waals surface area contributed by atoms with Gasteiger partial charge in [-0.25, -0.2) is 4.39 Å². The molecule has 1 heterocycles. The molecule has 1 saturated heterocycles. The van der Waals surface area contributed by atoms with Crippen molar-refractivity contribution in [3.05, 3.63) is 30.1 Å². The molecule has 1 fully saturated rings. The zero-order valence-electron chi connectivity index (χ0n) is 11.1. The molecule has 1 atom stereocenters. The predicted octanol–water partition coefficient (Wildman–Crippen LogP) is 1.72. The number of anilines is 1. The van der Waals surface area contributed by atoms with Crippen molar-refractivity contribution in [1.29, 1.82) is 0 Å². The molecule has 18 heavy (non-hydrogen) atoms. The molecule has 0 aromatic heterocycles. The number of benzene rings is 1. The zero-order chi connectivity index (χ0) is 13.2. The van der Waals surface area contributed by atoms with E-state index in [9.17, 15) is 9.50 Å². The summed E-state index contributed by atoms with van der Waals surface area (Å²) in [6.45, 7) is 1.78. The molecule has 0 bridgehead atoms. The van der Waals surface area contributed by atoms with Crippen molar-refractivity contribution in [2.24, 2.45) is 0 Å². The van der Waals surface area contributed by atoms with Gasteiger partial charge in [0.2, 0.25) is 0 Å². The first-order valence-electron chi connectivity index (χ1n) is 6.36.